The minimum atomic E-state index is -0.0911. The van der Waals surface area contributed by atoms with Crippen LogP contribution < -0.4 is 5.32 Å². The SMILES string of the molecule is CCCNC(C#N)CSc1nccn1C. The van der Waals surface area contributed by atoms with Crippen LogP contribution in [0.1, 0.15) is 13.3 Å². The second-order valence-electron chi connectivity index (χ2n) is 3.27. The lowest BCUT2D eigenvalue weighted by Gasteiger charge is -2.09. The average Bonchev–Trinajstić information content (AvgIpc) is 2.65. The van der Waals surface area contributed by atoms with Crippen LogP contribution in [0, 0.1) is 11.3 Å². The highest BCUT2D eigenvalue weighted by molar-refractivity contribution is 7.99. The Morgan fingerprint density at radius 3 is 3.07 bits per heavy atom. The van der Waals surface area contributed by atoms with E-state index in [-0.39, 0.29) is 6.04 Å². The lowest BCUT2D eigenvalue weighted by molar-refractivity contribution is 0.636. The minimum absolute atomic E-state index is 0.0911. The second kappa shape index (κ2) is 6.49. The van der Waals surface area contributed by atoms with Gasteiger partial charge in [-0.05, 0) is 13.0 Å². The fourth-order valence-electron chi connectivity index (χ4n) is 1.11. The normalized spacial score (nSPS) is 12.3. The Bertz CT molecular complexity index is 328. The predicted molar refractivity (Wildman–Crippen MR) is 61.6 cm³/mol. The molecule has 1 aromatic heterocycles. The summed E-state index contributed by atoms with van der Waals surface area (Å²) in [6, 6.07) is 2.16. The zero-order valence-corrected chi connectivity index (χ0v) is 9.92. The van der Waals surface area contributed by atoms with Crippen molar-refractivity contribution in [1.29, 1.82) is 5.26 Å². The van der Waals surface area contributed by atoms with Crippen molar-refractivity contribution in [3.63, 3.8) is 0 Å². The molecule has 0 aliphatic heterocycles. The molecule has 5 heteroatoms. The first-order chi connectivity index (χ1) is 7.27. The third-order valence-corrected chi connectivity index (χ3v) is 3.10. The number of nitrogens with zero attached hydrogens (tertiary/aromatic N) is 3. The van der Waals surface area contributed by atoms with Crippen LogP contribution in [0.4, 0.5) is 0 Å². The summed E-state index contributed by atoms with van der Waals surface area (Å²) in [4.78, 5) is 4.19. The highest BCUT2D eigenvalue weighted by atomic mass is 32.2. The van der Waals surface area contributed by atoms with E-state index < -0.39 is 0 Å². The van der Waals surface area contributed by atoms with E-state index in [0.29, 0.717) is 0 Å². The molecule has 0 aliphatic rings. The first-order valence-electron chi connectivity index (χ1n) is 5.01. The van der Waals surface area contributed by atoms with Crippen LogP contribution in [0.2, 0.25) is 0 Å². The molecule has 0 aromatic carbocycles. The molecule has 0 aliphatic carbocycles. The lowest BCUT2D eigenvalue weighted by atomic mass is 10.3. The van der Waals surface area contributed by atoms with Gasteiger partial charge in [-0.15, -0.1) is 0 Å². The van der Waals surface area contributed by atoms with Crippen molar-refractivity contribution in [3.8, 4) is 6.07 Å². The van der Waals surface area contributed by atoms with Crippen LogP contribution in [0.25, 0.3) is 0 Å². The van der Waals surface area contributed by atoms with Crippen LogP contribution >= 0.6 is 11.8 Å². The molecule has 1 unspecified atom stereocenters. The molecule has 1 heterocycles. The van der Waals surface area contributed by atoms with Gasteiger partial charge in [0, 0.05) is 25.2 Å². The van der Waals surface area contributed by atoms with E-state index in [1.165, 1.54) is 0 Å². The third-order valence-electron chi connectivity index (χ3n) is 1.95. The Balaban J connectivity index is 2.35. The number of hydrogen-bond donors (Lipinski definition) is 1. The van der Waals surface area contributed by atoms with Gasteiger partial charge in [-0.25, -0.2) is 4.98 Å². The van der Waals surface area contributed by atoms with Crippen LogP contribution in [0.5, 0.6) is 0 Å². The topological polar surface area (TPSA) is 53.6 Å². The van der Waals surface area contributed by atoms with Crippen LogP contribution in [-0.4, -0.2) is 27.9 Å². The molecular formula is C10H16N4S. The van der Waals surface area contributed by atoms with Gasteiger partial charge in [0.05, 0.1) is 6.07 Å². The molecule has 0 saturated heterocycles. The summed E-state index contributed by atoms with van der Waals surface area (Å²) >= 11 is 1.60. The summed E-state index contributed by atoms with van der Waals surface area (Å²) in [6.45, 7) is 2.98. The van der Waals surface area contributed by atoms with Crippen LogP contribution in [0.3, 0.4) is 0 Å². The molecule has 1 N–H and O–H groups in total. The maximum atomic E-state index is 8.90. The highest BCUT2D eigenvalue weighted by Crippen LogP contribution is 2.15. The van der Waals surface area contributed by atoms with Gasteiger partial charge in [0.1, 0.15) is 6.04 Å². The van der Waals surface area contributed by atoms with Gasteiger partial charge >= 0.3 is 0 Å². The Morgan fingerprint density at radius 1 is 1.73 bits per heavy atom. The van der Waals surface area contributed by atoms with Crippen molar-refractivity contribution < 1.29 is 0 Å². The summed E-state index contributed by atoms with van der Waals surface area (Å²) in [5.41, 5.74) is 0. The fraction of sp³-hybridized carbons (Fsp3) is 0.600. The van der Waals surface area contributed by atoms with E-state index in [1.807, 2.05) is 17.8 Å². The Hall–Kier alpha value is -0.990. The fourth-order valence-corrected chi connectivity index (χ4v) is 2.02. The van der Waals surface area contributed by atoms with Crippen LogP contribution in [-0.2, 0) is 7.05 Å². The van der Waals surface area contributed by atoms with E-state index in [9.17, 15) is 0 Å². The van der Waals surface area contributed by atoms with Gasteiger partial charge in [0.25, 0.3) is 0 Å². The number of aromatic nitrogens is 2. The smallest absolute Gasteiger partial charge is 0.167 e. The van der Waals surface area contributed by atoms with Crippen LogP contribution in [0.15, 0.2) is 17.6 Å². The first-order valence-corrected chi connectivity index (χ1v) is 5.99. The Morgan fingerprint density at radius 2 is 2.53 bits per heavy atom. The van der Waals surface area contributed by atoms with Gasteiger partial charge in [-0.1, -0.05) is 18.7 Å². The van der Waals surface area contributed by atoms with Gasteiger partial charge in [-0.3, -0.25) is 0 Å². The quantitative estimate of drug-likeness (QED) is 0.742. The standard InChI is InChI=1S/C10H16N4S/c1-3-4-12-9(7-11)8-15-10-13-5-6-14(10)2/h5-6,9,12H,3-4,8H2,1-2H3. The number of hydrogen-bond acceptors (Lipinski definition) is 4. The largest absolute Gasteiger partial charge is 0.329 e. The van der Waals surface area contributed by atoms with Gasteiger partial charge in [0.15, 0.2) is 5.16 Å². The van der Waals surface area contributed by atoms with E-state index >= 15 is 0 Å². The molecule has 0 saturated carbocycles. The molecule has 1 atom stereocenters. The Kier molecular flexibility index (Phi) is 5.22. The second-order valence-corrected chi connectivity index (χ2v) is 4.25. The number of rotatable bonds is 6. The van der Waals surface area contributed by atoms with Crippen molar-refractivity contribution in [2.24, 2.45) is 7.05 Å². The molecule has 0 fully saturated rings. The van der Waals surface area contributed by atoms with Gasteiger partial charge in [-0.2, -0.15) is 5.26 Å². The van der Waals surface area contributed by atoms with Crippen molar-refractivity contribution in [2.75, 3.05) is 12.3 Å². The Labute approximate surface area is 94.7 Å². The molecular weight excluding hydrogens is 208 g/mol. The zero-order chi connectivity index (χ0) is 11.1. The van der Waals surface area contributed by atoms with Crippen molar-refractivity contribution >= 4 is 11.8 Å². The third kappa shape index (κ3) is 3.94. The summed E-state index contributed by atoms with van der Waals surface area (Å²) in [6.07, 6.45) is 4.72. The number of aryl methyl sites for hydroxylation is 1. The molecule has 82 valence electrons. The van der Waals surface area contributed by atoms with E-state index in [2.05, 4.69) is 23.3 Å². The number of nitrogens with one attached hydrogen (secondary N) is 1. The molecule has 1 aromatic rings. The summed E-state index contributed by atoms with van der Waals surface area (Å²) in [5, 5.41) is 13.0. The summed E-state index contributed by atoms with van der Waals surface area (Å²) in [5.74, 6) is 0.737. The molecule has 4 nitrogen and oxygen atoms in total. The average molecular weight is 224 g/mol. The number of imidazole rings is 1. The monoisotopic (exact) mass is 224 g/mol. The summed E-state index contributed by atoms with van der Waals surface area (Å²) < 4.78 is 1.96. The number of nitriles is 1. The number of thioether (sulfide) groups is 1. The van der Waals surface area contributed by atoms with Crippen molar-refractivity contribution in [1.82, 2.24) is 14.9 Å². The van der Waals surface area contributed by atoms with E-state index in [1.54, 1.807) is 18.0 Å². The maximum Gasteiger partial charge on any atom is 0.167 e. The van der Waals surface area contributed by atoms with Crippen molar-refractivity contribution in [2.45, 2.75) is 24.5 Å². The lowest BCUT2D eigenvalue weighted by Crippen LogP contribution is -2.30. The molecule has 0 amide bonds. The van der Waals surface area contributed by atoms with E-state index in [4.69, 9.17) is 5.26 Å². The van der Waals surface area contributed by atoms with Gasteiger partial charge < -0.3 is 9.88 Å². The minimum Gasteiger partial charge on any atom is -0.329 e. The summed E-state index contributed by atoms with van der Waals surface area (Å²) in [7, 11) is 1.95. The van der Waals surface area contributed by atoms with E-state index in [0.717, 1.165) is 23.9 Å². The zero-order valence-electron chi connectivity index (χ0n) is 9.10. The maximum absolute atomic E-state index is 8.90. The van der Waals surface area contributed by atoms with Gasteiger partial charge in [0.2, 0.25) is 0 Å². The molecule has 0 radical (unpaired) electrons. The predicted octanol–water partition coefficient (Wildman–Crippen LogP) is 1.40. The molecule has 1 rings (SSSR count). The highest BCUT2D eigenvalue weighted by Gasteiger charge is 2.08. The molecule has 0 bridgehead atoms. The van der Waals surface area contributed by atoms with Crippen molar-refractivity contribution in [3.05, 3.63) is 12.4 Å². The molecule has 15 heavy (non-hydrogen) atoms. The first kappa shape index (κ1) is 12.1. The molecule has 0 spiro atoms.